The summed E-state index contributed by atoms with van der Waals surface area (Å²) in [6.07, 6.45) is 0. The van der Waals surface area contributed by atoms with Crippen molar-refractivity contribution in [3.8, 4) is 45.3 Å². The molecule has 0 aliphatic heterocycles. The summed E-state index contributed by atoms with van der Waals surface area (Å²) in [6, 6.07) is 49.0. The minimum atomic E-state index is 0.660. The number of fused-ring (bicyclic) bond motifs is 3. The molecule has 0 radical (unpaired) electrons. The van der Waals surface area contributed by atoms with E-state index in [0.29, 0.717) is 17.5 Å². The van der Waals surface area contributed by atoms with Crippen molar-refractivity contribution in [2.75, 3.05) is 0 Å². The molecule has 200 valence electrons. The molecule has 2 heterocycles. The molecule has 3 nitrogen and oxygen atoms in total. The zero-order chi connectivity index (χ0) is 28.3. The third-order valence-electron chi connectivity index (χ3n) is 8.28. The van der Waals surface area contributed by atoms with Gasteiger partial charge in [0.2, 0.25) is 0 Å². The predicted octanol–water partition coefficient (Wildman–Crippen LogP) is 10.7. The zero-order valence-electron chi connectivity index (χ0n) is 23.0. The molecule has 0 atom stereocenters. The van der Waals surface area contributed by atoms with Crippen LogP contribution in [0.5, 0.6) is 0 Å². The fourth-order valence-electron chi connectivity index (χ4n) is 6.35. The van der Waals surface area contributed by atoms with Crippen LogP contribution < -0.4 is 0 Å². The van der Waals surface area contributed by atoms with E-state index in [1.54, 1.807) is 0 Å². The average molecular weight is 566 g/mol. The van der Waals surface area contributed by atoms with E-state index in [4.69, 9.17) is 15.0 Å². The number of aromatic nitrogens is 3. The van der Waals surface area contributed by atoms with Crippen LogP contribution >= 0.6 is 11.3 Å². The van der Waals surface area contributed by atoms with Gasteiger partial charge < -0.3 is 0 Å². The highest BCUT2D eigenvalue weighted by Gasteiger charge is 2.19. The Hall–Kier alpha value is -5.45. The standard InChI is InChI=1S/C39H23N3S/c1-3-11-24(12-4-1)37-40-38(25-13-5-2-6-14-25)42-39(41-37)27-16-9-15-26(23-27)28-21-22-33-36-34(28)30-18-8-7-17-29(30)31-19-10-20-32(43-33)35(31)36/h1-23H. The second-order valence-electron chi connectivity index (χ2n) is 10.8. The van der Waals surface area contributed by atoms with Crippen LogP contribution in [-0.2, 0) is 0 Å². The maximum Gasteiger partial charge on any atom is 0.164 e. The molecular weight excluding hydrogens is 543 g/mol. The number of hydrogen-bond acceptors (Lipinski definition) is 4. The molecule has 9 aromatic rings. The Balaban J connectivity index is 1.29. The van der Waals surface area contributed by atoms with Gasteiger partial charge in [0, 0.05) is 36.9 Å². The van der Waals surface area contributed by atoms with E-state index in [0.717, 1.165) is 22.3 Å². The van der Waals surface area contributed by atoms with Gasteiger partial charge >= 0.3 is 0 Å². The van der Waals surface area contributed by atoms with E-state index in [-0.39, 0.29) is 0 Å². The summed E-state index contributed by atoms with van der Waals surface area (Å²) in [5, 5.41) is 7.93. The quantitative estimate of drug-likeness (QED) is 0.199. The van der Waals surface area contributed by atoms with E-state index in [1.165, 1.54) is 47.3 Å². The van der Waals surface area contributed by atoms with Crippen molar-refractivity contribution in [1.29, 1.82) is 0 Å². The number of thiophene rings is 1. The molecule has 0 N–H and O–H groups in total. The lowest BCUT2D eigenvalue weighted by Crippen LogP contribution is -2.00. The van der Waals surface area contributed by atoms with Gasteiger partial charge in [-0.2, -0.15) is 0 Å². The van der Waals surface area contributed by atoms with E-state index in [1.807, 2.05) is 72.0 Å². The van der Waals surface area contributed by atoms with Crippen molar-refractivity contribution in [2.24, 2.45) is 0 Å². The minimum absolute atomic E-state index is 0.660. The molecule has 4 heteroatoms. The highest BCUT2D eigenvalue weighted by Crippen LogP contribution is 2.48. The Kier molecular flexibility index (Phi) is 5.37. The molecule has 2 aromatic heterocycles. The monoisotopic (exact) mass is 565 g/mol. The van der Waals surface area contributed by atoms with Crippen molar-refractivity contribution in [1.82, 2.24) is 15.0 Å². The lowest BCUT2D eigenvalue weighted by Gasteiger charge is -2.14. The average Bonchev–Trinajstić information content (AvgIpc) is 3.48. The van der Waals surface area contributed by atoms with Crippen LogP contribution in [0.1, 0.15) is 0 Å². The third-order valence-corrected chi connectivity index (χ3v) is 9.40. The molecular formula is C39H23N3S. The van der Waals surface area contributed by atoms with Gasteiger partial charge in [-0.15, -0.1) is 11.3 Å². The fourth-order valence-corrected chi connectivity index (χ4v) is 7.49. The molecule has 0 fully saturated rings. The summed E-state index contributed by atoms with van der Waals surface area (Å²) in [6.45, 7) is 0. The van der Waals surface area contributed by atoms with Gasteiger partial charge in [0.15, 0.2) is 17.5 Å². The van der Waals surface area contributed by atoms with Crippen LogP contribution in [0.4, 0.5) is 0 Å². The molecule has 0 spiro atoms. The van der Waals surface area contributed by atoms with Crippen LogP contribution in [0.3, 0.4) is 0 Å². The molecule has 0 unspecified atom stereocenters. The normalized spacial score (nSPS) is 11.7. The summed E-state index contributed by atoms with van der Waals surface area (Å²) < 4.78 is 2.66. The number of rotatable bonds is 4. The lowest BCUT2D eigenvalue weighted by atomic mass is 9.89. The van der Waals surface area contributed by atoms with E-state index in [9.17, 15) is 0 Å². The largest absolute Gasteiger partial charge is 0.208 e. The van der Waals surface area contributed by atoms with Crippen LogP contribution in [0.25, 0.3) is 87.0 Å². The number of nitrogens with zero attached hydrogens (tertiary/aromatic N) is 3. The SMILES string of the molecule is c1ccc(-c2nc(-c3ccccc3)nc(-c3cccc(-c4ccc5sc6cccc7c8ccccc8c4c5c67)c3)n2)cc1. The van der Waals surface area contributed by atoms with Crippen molar-refractivity contribution in [3.05, 3.63) is 140 Å². The maximum atomic E-state index is 4.98. The summed E-state index contributed by atoms with van der Waals surface area (Å²) in [4.78, 5) is 14.8. The van der Waals surface area contributed by atoms with Gasteiger partial charge in [0.25, 0.3) is 0 Å². The van der Waals surface area contributed by atoms with Crippen LogP contribution in [0.2, 0.25) is 0 Å². The first-order chi connectivity index (χ1) is 21.3. The highest BCUT2D eigenvalue weighted by atomic mass is 32.1. The van der Waals surface area contributed by atoms with Gasteiger partial charge in [0.05, 0.1) is 0 Å². The number of benzene rings is 7. The van der Waals surface area contributed by atoms with Gasteiger partial charge in [-0.3, -0.25) is 0 Å². The summed E-state index contributed by atoms with van der Waals surface area (Å²) >= 11 is 1.88. The maximum absolute atomic E-state index is 4.98. The topological polar surface area (TPSA) is 38.7 Å². The van der Waals surface area contributed by atoms with Crippen LogP contribution in [0, 0.1) is 0 Å². The number of hydrogen-bond donors (Lipinski definition) is 0. The molecule has 0 saturated heterocycles. The molecule has 7 aromatic carbocycles. The van der Waals surface area contributed by atoms with Crippen molar-refractivity contribution >= 4 is 53.1 Å². The Morgan fingerprint density at radius 2 is 0.860 bits per heavy atom. The van der Waals surface area contributed by atoms with E-state index in [2.05, 4.69) is 78.9 Å². The minimum Gasteiger partial charge on any atom is -0.208 e. The van der Waals surface area contributed by atoms with E-state index >= 15 is 0 Å². The summed E-state index contributed by atoms with van der Waals surface area (Å²) in [5.41, 5.74) is 5.25. The summed E-state index contributed by atoms with van der Waals surface area (Å²) in [5.74, 6) is 1.99. The van der Waals surface area contributed by atoms with E-state index < -0.39 is 0 Å². The Morgan fingerprint density at radius 1 is 0.349 bits per heavy atom. The predicted molar refractivity (Wildman–Crippen MR) is 181 cm³/mol. The smallest absolute Gasteiger partial charge is 0.164 e. The Morgan fingerprint density at radius 3 is 1.58 bits per heavy atom. The van der Waals surface area contributed by atoms with Gasteiger partial charge in [-0.05, 0) is 50.9 Å². The van der Waals surface area contributed by atoms with Crippen molar-refractivity contribution < 1.29 is 0 Å². The van der Waals surface area contributed by atoms with Crippen LogP contribution in [0.15, 0.2) is 140 Å². The molecule has 9 rings (SSSR count). The fraction of sp³-hybridized carbons (Fsp3) is 0. The van der Waals surface area contributed by atoms with Crippen molar-refractivity contribution in [2.45, 2.75) is 0 Å². The molecule has 0 amide bonds. The molecule has 43 heavy (non-hydrogen) atoms. The Labute approximate surface area is 252 Å². The Bertz CT molecular complexity index is 2390. The molecule has 0 saturated carbocycles. The molecule has 0 aliphatic rings. The van der Waals surface area contributed by atoms with Crippen LogP contribution in [-0.4, -0.2) is 15.0 Å². The molecule has 0 aliphatic carbocycles. The highest BCUT2D eigenvalue weighted by molar-refractivity contribution is 7.26. The lowest BCUT2D eigenvalue weighted by molar-refractivity contribution is 1.07. The first kappa shape index (κ1) is 24.2. The van der Waals surface area contributed by atoms with Gasteiger partial charge in [-0.25, -0.2) is 15.0 Å². The first-order valence-corrected chi connectivity index (χ1v) is 15.2. The van der Waals surface area contributed by atoms with Crippen molar-refractivity contribution in [3.63, 3.8) is 0 Å². The summed E-state index contributed by atoms with van der Waals surface area (Å²) in [7, 11) is 0. The van der Waals surface area contributed by atoms with Gasteiger partial charge in [-0.1, -0.05) is 121 Å². The van der Waals surface area contributed by atoms with Gasteiger partial charge in [0.1, 0.15) is 0 Å². The first-order valence-electron chi connectivity index (χ1n) is 14.4. The second-order valence-corrected chi connectivity index (χ2v) is 11.9. The molecule has 0 bridgehead atoms. The second kappa shape index (κ2) is 9.55. The third kappa shape index (κ3) is 3.84. The zero-order valence-corrected chi connectivity index (χ0v) is 23.8.